The third-order valence-electron chi connectivity index (χ3n) is 1.26. The van der Waals surface area contributed by atoms with Crippen LogP contribution in [0.4, 0.5) is 0 Å². The first-order chi connectivity index (χ1) is 5.17. The van der Waals surface area contributed by atoms with E-state index in [0.29, 0.717) is 0 Å². The fourth-order valence-corrected chi connectivity index (χ4v) is 0.646. The molecule has 0 saturated carbocycles. The summed E-state index contributed by atoms with van der Waals surface area (Å²) in [6.07, 6.45) is 0.207. The third-order valence-corrected chi connectivity index (χ3v) is 1.26. The molecule has 0 radical (unpaired) electrons. The van der Waals surface area contributed by atoms with Gasteiger partial charge in [-0.25, -0.2) is 0 Å². The lowest BCUT2D eigenvalue weighted by Gasteiger charge is -1.99. The zero-order valence-electron chi connectivity index (χ0n) is 6.00. The molecule has 0 unspecified atom stereocenters. The molecule has 0 aliphatic rings. The van der Waals surface area contributed by atoms with Crippen LogP contribution in [0.2, 0.25) is 0 Å². The predicted octanol–water partition coefficient (Wildman–Crippen LogP) is 0.198. The summed E-state index contributed by atoms with van der Waals surface area (Å²) in [6, 6.07) is 2.64. The Bertz CT molecular complexity index is 231. The molecule has 0 aromatic carbocycles. The summed E-state index contributed by atoms with van der Waals surface area (Å²) in [5.41, 5.74) is 0. The van der Waals surface area contributed by atoms with Gasteiger partial charge < -0.3 is 0 Å². The van der Waals surface area contributed by atoms with E-state index < -0.39 is 17.5 Å². The first-order valence-corrected chi connectivity index (χ1v) is 3.05. The number of carbonyl (C=O) groups excluding carboxylic acids is 2. The number of hydrogen-bond acceptors (Lipinski definition) is 4. The number of carbonyl (C=O) groups is 2. The van der Waals surface area contributed by atoms with E-state index in [1.54, 1.807) is 6.92 Å². The van der Waals surface area contributed by atoms with Crippen LogP contribution in [0.25, 0.3) is 0 Å². The SMILES string of the molecule is CCC(C(=O)C#N)C(=O)C#N. The topological polar surface area (TPSA) is 81.7 Å². The van der Waals surface area contributed by atoms with Crippen LogP contribution in [0.5, 0.6) is 0 Å². The van der Waals surface area contributed by atoms with Crippen molar-refractivity contribution in [3.63, 3.8) is 0 Å². The molecule has 0 aromatic rings. The van der Waals surface area contributed by atoms with Gasteiger partial charge in [-0.2, -0.15) is 10.5 Å². The molecule has 0 fully saturated rings. The molecule has 56 valence electrons. The molecule has 11 heavy (non-hydrogen) atoms. The highest BCUT2D eigenvalue weighted by molar-refractivity contribution is 6.14. The largest absolute Gasteiger partial charge is 0.282 e. The lowest BCUT2D eigenvalue weighted by molar-refractivity contribution is -0.126. The highest BCUT2D eigenvalue weighted by Gasteiger charge is 2.23. The van der Waals surface area contributed by atoms with Crippen molar-refractivity contribution < 1.29 is 9.59 Å². The average molecular weight is 150 g/mol. The Morgan fingerprint density at radius 3 is 1.82 bits per heavy atom. The summed E-state index contributed by atoms with van der Waals surface area (Å²) in [5.74, 6) is -2.72. The molecule has 0 atom stereocenters. The molecule has 0 N–H and O–H groups in total. The van der Waals surface area contributed by atoms with E-state index in [4.69, 9.17) is 10.5 Å². The standard InChI is InChI=1S/C7H6N2O2/c1-2-5(6(10)3-8)7(11)4-9/h5H,2H2,1H3. The molecule has 0 saturated heterocycles. The Morgan fingerprint density at radius 2 is 1.64 bits per heavy atom. The zero-order valence-corrected chi connectivity index (χ0v) is 6.00. The Labute approximate surface area is 64.0 Å². The van der Waals surface area contributed by atoms with Crippen LogP contribution >= 0.6 is 0 Å². The Morgan fingerprint density at radius 1 is 1.27 bits per heavy atom. The molecule has 0 amide bonds. The molecule has 0 aliphatic carbocycles. The molecular formula is C7H6N2O2. The van der Waals surface area contributed by atoms with Crippen molar-refractivity contribution in [2.45, 2.75) is 13.3 Å². The molecule has 0 spiro atoms. The normalized spacial score (nSPS) is 8.36. The summed E-state index contributed by atoms with van der Waals surface area (Å²) < 4.78 is 0. The van der Waals surface area contributed by atoms with Gasteiger partial charge in [-0.1, -0.05) is 6.92 Å². The maximum Gasteiger partial charge on any atom is 0.243 e. The van der Waals surface area contributed by atoms with Gasteiger partial charge in [-0.15, -0.1) is 0 Å². The zero-order chi connectivity index (χ0) is 8.85. The maximum absolute atomic E-state index is 10.6. The quantitative estimate of drug-likeness (QED) is 0.425. The fourth-order valence-electron chi connectivity index (χ4n) is 0.646. The van der Waals surface area contributed by atoms with Gasteiger partial charge in [0.05, 0.1) is 0 Å². The summed E-state index contributed by atoms with van der Waals surface area (Å²) >= 11 is 0. The van der Waals surface area contributed by atoms with Crippen molar-refractivity contribution in [1.82, 2.24) is 0 Å². The lowest BCUT2D eigenvalue weighted by atomic mass is 9.98. The van der Waals surface area contributed by atoms with Crippen LogP contribution in [0.1, 0.15) is 13.3 Å². The molecule has 4 nitrogen and oxygen atoms in total. The van der Waals surface area contributed by atoms with Crippen molar-refractivity contribution in [2.75, 3.05) is 0 Å². The van der Waals surface area contributed by atoms with Crippen molar-refractivity contribution in [3.8, 4) is 12.1 Å². The number of ketones is 2. The summed E-state index contributed by atoms with van der Waals surface area (Å²) in [5, 5.41) is 16.2. The van der Waals surface area contributed by atoms with Crippen molar-refractivity contribution in [3.05, 3.63) is 0 Å². The Hall–Kier alpha value is -1.68. The van der Waals surface area contributed by atoms with Gasteiger partial charge in [-0.05, 0) is 6.42 Å². The smallest absolute Gasteiger partial charge is 0.243 e. The Balaban J connectivity index is 4.47. The van der Waals surface area contributed by atoms with Gasteiger partial charge in [0.15, 0.2) is 0 Å². The van der Waals surface area contributed by atoms with E-state index in [2.05, 4.69) is 0 Å². The van der Waals surface area contributed by atoms with Crippen molar-refractivity contribution >= 4 is 11.6 Å². The number of nitrogens with zero attached hydrogens (tertiary/aromatic N) is 2. The minimum atomic E-state index is -1.05. The second-order valence-corrected chi connectivity index (χ2v) is 1.91. The van der Waals surface area contributed by atoms with E-state index in [1.165, 1.54) is 12.1 Å². The molecule has 0 bridgehead atoms. The number of hydrogen-bond donors (Lipinski definition) is 0. The first kappa shape index (κ1) is 9.32. The summed E-state index contributed by atoms with van der Waals surface area (Å²) in [4.78, 5) is 21.2. The molecule has 4 heteroatoms. The van der Waals surface area contributed by atoms with Gasteiger partial charge in [0.25, 0.3) is 0 Å². The number of rotatable bonds is 3. The molecule has 0 heterocycles. The highest BCUT2D eigenvalue weighted by Crippen LogP contribution is 2.04. The van der Waals surface area contributed by atoms with E-state index in [0.717, 1.165) is 0 Å². The van der Waals surface area contributed by atoms with Gasteiger partial charge in [-0.3, -0.25) is 9.59 Å². The summed E-state index contributed by atoms with van der Waals surface area (Å²) in [7, 11) is 0. The van der Waals surface area contributed by atoms with E-state index in [1.807, 2.05) is 0 Å². The fraction of sp³-hybridized carbons (Fsp3) is 0.429. The highest BCUT2D eigenvalue weighted by atomic mass is 16.1. The van der Waals surface area contributed by atoms with E-state index >= 15 is 0 Å². The Kier molecular flexibility index (Phi) is 3.55. The first-order valence-electron chi connectivity index (χ1n) is 3.05. The van der Waals surface area contributed by atoms with Crippen molar-refractivity contribution in [1.29, 1.82) is 10.5 Å². The second kappa shape index (κ2) is 4.19. The van der Waals surface area contributed by atoms with Gasteiger partial charge >= 0.3 is 0 Å². The van der Waals surface area contributed by atoms with E-state index in [-0.39, 0.29) is 6.42 Å². The average Bonchev–Trinajstić information content (AvgIpc) is 2.05. The van der Waals surface area contributed by atoms with Crippen LogP contribution in [0.3, 0.4) is 0 Å². The van der Waals surface area contributed by atoms with Crippen LogP contribution in [-0.2, 0) is 9.59 Å². The number of Topliss-reactive ketones (excluding diaryl/α,β-unsaturated/α-hetero) is 2. The molecular weight excluding hydrogens is 144 g/mol. The van der Waals surface area contributed by atoms with E-state index in [9.17, 15) is 9.59 Å². The third kappa shape index (κ3) is 2.19. The van der Waals surface area contributed by atoms with Gasteiger partial charge in [0.2, 0.25) is 11.6 Å². The molecule has 0 rings (SSSR count). The second-order valence-electron chi connectivity index (χ2n) is 1.91. The van der Waals surface area contributed by atoms with Crippen molar-refractivity contribution in [2.24, 2.45) is 5.92 Å². The van der Waals surface area contributed by atoms with Gasteiger partial charge in [0, 0.05) is 0 Å². The minimum Gasteiger partial charge on any atom is -0.282 e. The molecule has 0 aromatic heterocycles. The predicted molar refractivity (Wildman–Crippen MR) is 35.0 cm³/mol. The monoisotopic (exact) mass is 150 g/mol. The van der Waals surface area contributed by atoms with Crippen LogP contribution < -0.4 is 0 Å². The van der Waals surface area contributed by atoms with Crippen LogP contribution in [0, 0.1) is 28.6 Å². The number of nitriles is 2. The minimum absolute atomic E-state index is 0.207. The van der Waals surface area contributed by atoms with Crippen LogP contribution in [-0.4, -0.2) is 11.6 Å². The summed E-state index contributed by atoms with van der Waals surface area (Å²) in [6.45, 7) is 1.58. The molecule has 0 aliphatic heterocycles. The van der Waals surface area contributed by atoms with Crippen LogP contribution in [0.15, 0.2) is 0 Å². The van der Waals surface area contributed by atoms with Gasteiger partial charge in [0.1, 0.15) is 18.1 Å². The lowest BCUT2D eigenvalue weighted by Crippen LogP contribution is -2.20. The maximum atomic E-state index is 10.6.